The molecular formula is C30H32F2N4O5S. The Labute approximate surface area is 246 Å². The molecule has 1 atom stereocenters. The standard InChI is InChI=1S/C30H32F2N4O5S/c1-35(28(40)20(14-27(38)39)13-18-5-2-3-6-18)30-34-24(17-42-30)23-15-21(41-29(31)32)9-10-22(23)19-8-11-25(33-16-19)36-12-4-7-26(36)37/h8-11,15-18,20,29H,2-7,12-14H2,1H3,(H,38,39)/t20-/m1/s1. The van der Waals surface area contributed by atoms with Crippen LogP contribution in [0.1, 0.15) is 51.4 Å². The normalized spacial score (nSPS) is 16.3. The molecule has 1 aliphatic heterocycles. The van der Waals surface area contributed by atoms with Crippen LogP contribution in [0, 0.1) is 11.8 Å². The summed E-state index contributed by atoms with van der Waals surface area (Å²) in [4.78, 5) is 49.3. The molecule has 0 radical (unpaired) electrons. The van der Waals surface area contributed by atoms with Crippen molar-refractivity contribution in [2.45, 2.75) is 58.0 Å². The molecule has 12 heteroatoms. The van der Waals surface area contributed by atoms with E-state index in [1.807, 2.05) is 6.07 Å². The molecule has 2 amide bonds. The zero-order valence-electron chi connectivity index (χ0n) is 23.2. The number of aliphatic carboxylic acids is 1. The van der Waals surface area contributed by atoms with Gasteiger partial charge in [0, 0.05) is 48.6 Å². The first-order valence-electron chi connectivity index (χ1n) is 14.0. The van der Waals surface area contributed by atoms with Crippen LogP contribution < -0.4 is 14.5 Å². The summed E-state index contributed by atoms with van der Waals surface area (Å²) in [6.45, 7) is -2.40. The van der Waals surface area contributed by atoms with Crippen molar-refractivity contribution in [1.29, 1.82) is 0 Å². The van der Waals surface area contributed by atoms with Gasteiger partial charge in [0.05, 0.1) is 12.1 Å². The van der Waals surface area contributed by atoms with Crippen LogP contribution in [0.5, 0.6) is 5.75 Å². The van der Waals surface area contributed by atoms with Crippen LogP contribution >= 0.6 is 11.3 Å². The number of alkyl halides is 2. The Morgan fingerprint density at radius 2 is 1.95 bits per heavy atom. The number of carboxylic acid groups (broad SMARTS) is 1. The molecule has 0 bridgehead atoms. The molecule has 9 nitrogen and oxygen atoms in total. The maximum atomic E-state index is 13.4. The van der Waals surface area contributed by atoms with Gasteiger partial charge >= 0.3 is 12.6 Å². The van der Waals surface area contributed by atoms with Crippen molar-refractivity contribution in [3.63, 3.8) is 0 Å². The molecule has 0 unspecified atom stereocenters. The van der Waals surface area contributed by atoms with Crippen LogP contribution in [-0.4, -0.2) is 53.1 Å². The van der Waals surface area contributed by atoms with E-state index in [-0.39, 0.29) is 24.0 Å². The van der Waals surface area contributed by atoms with Gasteiger partial charge in [-0.3, -0.25) is 24.2 Å². The van der Waals surface area contributed by atoms with Gasteiger partial charge in [0.1, 0.15) is 11.6 Å². The smallest absolute Gasteiger partial charge is 0.387 e. The topological polar surface area (TPSA) is 113 Å². The number of hydrogen-bond donors (Lipinski definition) is 1. The number of anilines is 2. The number of pyridine rings is 1. The summed E-state index contributed by atoms with van der Waals surface area (Å²) in [7, 11) is 1.58. The number of carboxylic acids is 1. The minimum Gasteiger partial charge on any atom is -0.481 e. The lowest BCUT2D eigenvalue weighted by molar-refractivity contribution is -0.140. The maximum Gasteiger partial charge on any atom is 0.387 e. The van der Waals surface area contributed by atoms with Gasteiger partial charge in [-0.15, -0.1) is 11.3 Å². The second kappa shape index (κ2) is 12.9. The number of amides is 2. The first-order valence-corrected chi connectivity index (χ1v) is 14.9. The summed E-state index contributed by atoms with van der Waals surface area (Å²) in [6, 6.07) is 8.10. The third-order valence-corrected chi connectivity index (χ3v) is 8.79. The van der Waals surface area contributed by atoms with Gasteiger partial charge < -0.3 is 9.84 Å². The molecule has 2 fully saturated rings. The number of nitrogens with zero attached hydrogens (tertiary/aromatic N) is 4. The molecule has 5 rings (SSSR count). The molecule has 222 valence electrons. The fourth-order valence-electron chi connectivity index (χ4n) is 5.80. The number of carbonyl (C=O) groups excluding carboxylic acids is 2. The van der Waals surface area contributed by atoms with Crippen molar-refractivity contribution in [2.24, 2.45) is 11.8 Å². The highest BCUT2D eigenvalue weighted by molar-refractivity contribution is 7.14. The van der Waals surface area contributed by atoms with Crippen LogP contribution in [-0.2, 0) is 14.4 Å². The highest BCUT2D eigenvalue weighted by Crippen LogP contribution is 2.38. The van der Waals surface area contributed by atoms with E-state index in [2.05, 4.69) is 14.7 Å². The van der Waals surface area contributed by atoms with Crippen LogP contribution in [0.2, 0.25) is 0 Å². The summed E-state index contributed by atoms with van der Waals surface area (Å²) in [6.07, 6.45) is 7.34. The molecular weight excluding hydrogens is 566 g/mol. The SMILES string of the molecule is CN(C(=O)[C@@H](CC(=O)O)CC1CCCC1)c1nc(-c2cc(OC(F)F)ccc2-c2ccc(N3CCCC3=O)nc2)cs1. The summed E-state index contributed by atoms with van der Waals surface area (Å²) in [5, 5.41) is 11.5. The third-order valence-electron chi connectivity index (χ3n) is 7.87. The first-order chi connectivity index (χ1) is 20.2. The minimum absolute atomic E-state index is 0.0203. The molecule has 0 spiro atoms. The summed E-state index contributed by atoms with van der Waals surface area (Å²) >= 11 is 1.20. The average Bonchev–Trinajstić information content (AvgIpc) is 3.74. The van der Waals surface area contributed by atoms with Gasteiger partial charge in [0.2, 0.25) is 11.8 Å². The summed E-state index contributed by atoms with van der Waals surface area (Å²) < 4.78 is 30.7. The van der Waals surface area contributed by atoms with Gasteiger partial charge in [0.15, 0.2) is 5.13 Å². The van der Waals surface area contributed by atoms with Gasteiger partial charge in [0.25, 0.3) is 0 Å². The lowest BCUT2D eigenvalue weighted by atomic mass is 9.90. The lowest BCUT2D eigenvalue weighted by Gasteiger charge is -2.23. The van der Waals surface area contributed by atoms with Crippen molar-refractivity contribution < 1.29 is 33.0 Å². The first kappa shape index (κ1) is 29.6. The molecule has 2 aliphatic rings. The van der Waals surface area contributed by atoms with E-state index in [0.717, 1.165) is 32.1 Å². The van der Waals surface area contributed by atoms with Crippen LogP contribution in [0.3, 0.4) is 0 Å². The minimum atomic E-state index is -3.01. The van der Waals surface area contributed by atoms with Crippen molar-refractivity contribution >= 4 is 40.1 Å². The van der Waals surface area contributed by atoms with E-state index in [4.69, 9.17) is 0 Å². The van der Waals surface area contributed by atoms with Gasteiger partial charge in [-0.1, -0.05) is 25.7 Å². The zero-order valence-corrected chi connectivity index (χ0v) is 24.0. The second-order valence-electron chi connectivity index (χ2n) is 10.7. The third kappa shape index (κ3) is 6.75. The zero-order chi connectivity index (χ0) is 29.8. The predicted molar refractivity (Wildman–Crippen MR) is 155 cm³/mol. The van der Waals surface area contributed by atoms with Crippen molar-refractivity contribution in [1.82, 2.24) is 9.97 Å². The lowest BCUT2D eigenvalue weighted by Crippen LogP contribution is -2.35. The highest BCUT2D eigenvalue weighted by Gasteiger charge is 2.31. The van der Waals surface area contributed by atoms with E-state index >= 15 is 0 Å². The Morgan fingerprint density at radius 1 is 1.17 bits per heavy atom. The molecule has 1 aliphatic carbocycles. The van der Waals surface area contributed by atoms with E-state index in [9.17, 15) is 28.3 Å². The van der Waals surface area contributed by atoms with Gasteiger partial charge in [-0.2, -0.15) is 8.78 Å². The molecule has 1 N–H and O–H groups in total. The van der Waals surface area contributed by atoms with Crippen LogP contribution in [0.15, 0.2) is 41.9 Å². The van der Waals surface area contributed by atoms with Crippen LogP contribution in [0.25, 0.3) is 22.4 Å². The number of halogens is 2. The largest absolute Gasteiger partial charge is 0.481 e. The molecule has 1 saturated carbocycles. The van der Waals surface area contributed by atoms with E-state index in [1.54, 1.807) is 35.7 Å². The molecule has 3 aromatic rings. The Kier molecular flexibility index (Phi) is 9.10. The van der Waals surface area contributed by atoms with Crippen molar-refractivity contribution in [3.05, 3.63) is 41.9 Å². The molecule has 42 heavy (non-hydrogen) atoms. The average molecular weight is 599 g/mol. The number of carbonyl (C=O) groups is 3. The number of hydrogen-bond acceptors (Lipinski definition) is 7. The number of benzene rings is 1. The van der Waals surface area contributed by atoms with E-state index in [1.165, 1.54) is 28.4 Å². The maximum absolute atomic E-state index is 13.4. The number of aromatic nitrogens is 2. The van der Waals surface area contributed by atoms with E-state index < -0.39 is 18.5 Å². The monoisotopic (exact) mass is 598 g/mol. The Morgan fingerprint density at radius 3 is 2.60 bits per heavy atom. The van der Waals surface area contributed by atoms with E-state index in [0.29, 0.717) is 58.6 Å². The number of thiazole rings is 1. The quantitative estimate of drug-likeness (QED) is 0.278. The molecule has 1 saturated heterocycles. The summed E-state index contributed by atoms with van der Waals surface area (Å²) in [5.41, 5.74) is 2.27. The van der Waals surface area contributed by atoms with Crippen molar-refractivity contribution in [3.8, 4) is 28.1 Å². The number of ether oxygens (including phenoxy) is 1. The number of rotatable bonds is 11. The fourth-order valence-corrected chi connectivity index (χ4v) is 6.60. The fraction of sp³-hybridized carbons (Fsp3) is 0.433. The predicted octanol–water partition coefficient (Wildman–Crippen LogP) is 6.23. The van der Waals surface area contributed by atoms with Gasteiger partial charge in [-0.25, -0.2) is 9.97 Å². The Bertz CT molecular complexity index is 1440. The Hall–Kier alpha value is -3.93. The van der Waals surface area contributed by atoms with Gasteiger partial charge in [-0.05, 0) is 54.7 Å². The molecule has 1 aromatic carbocycles. The van der Waals surface area contributed by atoms with Crippen molar-refractivity contribution in [2.75, 3.05) is 23.4 Å². The Balaban J connectivity index is 1.43. The molecule has 2 aromatic heterocycles. The highest BCUT2D eigenvalue weighted by atomic mass is 32.1. The summed E-state index contributed by atoms with van der Waals surface area (Å²) in [5.74, 6) is -1.13. The second-order valence-corrected chi connectivity index (χ2v) is 11.6. The molecule has 3 heterocycles. The van der Waals surface area contributed by atoms with Crippen LogP contribution in [0.4, 0.5) is 19.7 Å².